The maximum atomic E-state index is 10.6. The van der Waals surface area contributed by atoms with Crippen LogP contribution in [0.5, 0.6) is 0 Å². The molecule has 0 fully saturated rings. The molecule has 0 aromatic rings. The van der Waals surface area contributed by atoms with Crippen molar-refractivity contribution in [2.45, 2.75) is 19.4 Å². The van der Waals surface area contributed by atoms with E-state index < -0.39 is 23.9 Å². The Kier molecular flexibility index (Phi) is 6.52. The highest BCUT2D eigenvalue weighted by molar-refractivity contribution is 7.99. The van der Waals surface area contributed by atoms with E-state index in [1.54, 1.807) is 0 Å². The van der Waals surface area contributed by atoms with Gasteiger partial charge >= 0.3 is 11.9 Å². The second-order valence-electron chi connectivity index (χ2n) is 2.81. The number of carboxylic acid groups (broad SMARTS) is 2. The fraction of sp³-hybridized carbons (Fsp3) is 0.625. The lowest BCUT2D eigenvalue weighted by Gasteiger charge is -2.11. The van der Waals surface area contributed by atoms with Gasteiger partial charge in [0.2, 0.25) is 5.91 Å². The van der Waals surface area contributed by atoms with E-state index >= 15 is 0 Å². The maximum absolute atomic E-state index is 10.6. The van der Waals surface area contributed by atoms with Gasteiger partial charge in [0.1, 0.15) is 6.04 Å². The zero-order valence-corrected chi connectivity index (χ0v) is 9.04. The number of rotatable bonds is 7. The van der Waals surface area contributed by atoms with Gasteiger partial charge in [-0.05, 0) is 0 Å². The van der Waals surface area contributed by atoms with Crippen LogP contribution in [-0.4, -0.2) is 45.6 Å². The second-order valence-corrected chi connectivity index (χ2v) is 3.96. The van der Waals surface area contributed by atoms with Gasteiger partial charge < -0.3 is 15.5 Å². The third-order valence-corrected chi connectivity index (χ3v) is 2.48. The van der Waals surface area contributed by atoms with Gasteiger partial charge in [-0.3, -0.25) is 9.59 Å². The minimum absolute atomic E-state index is 0.0168. The van der Waals surface area contributed by atoms with Gasteiger partial charge in [-0.15, -0.1) is 0 Å². The number of carboxylic acids is 2. The second kappa shape index (κ2) is 7.10. The molecular weight excluding hydrogens is 225 g/mol. The van der Waals surface area contributed by atoms with E-state index in [1.165, 1.54) is 18.7 Å². The Balaban J connectivity index is 3.81. The summed E-state index contributed by atoms with van der Waals surface area (Å²) < 4.78 is 0. The van der Waals surface area contributed by atoms with Gasteiger partial charge in [-0.2, -0.15) is 11.8 Å². The van der Waals surface area contributed by atoms with Crippen molar-refractivity contribution in [2.24, 2.45) is 0 Å². The molecule has 0 aromatic carbocycles. The lowest BCUT2D eigenvalue weighted by molar-refractivity contribution is -0.140. The molecule has 0 aliphatic carbocycles. The van der Waals surface area contributed by atoms with Crippen molar-refractivity contribution >= 4 is 29.6 Å². The highest BCUT2D eigenvalue weighted by Gasteiger charge is 2.17. The van der Waals surface area contributed by atoms with Crippen molar-refractivity contribution in [3.63, 3.8) is 0 Å². The molecular formula is C8H13NO5S. The van der Waals surface area contributed by atoms with Crippen LogP contribution in [0.25, 0.3) is 0 Å². The van der Waals surface area contributed by atoms with Crippen molar-refractivity contribution < 1.29 is 24.6 Å². The summed E-state index contributed by atoms with van der Waals surface area (Å²) in [6, 6.07) is -0.957. The molecule has 0 bridgehead atoms. The van der Waals surface area contributed by atoms with E-state index in [4.69, 9.17) is 10.2 Å². The summed E-state index contributed by atoms with van der Waals surface area (Å²) >= 11 is 1.18. The SMILES string of the molecule is CC(=O)N[13CH]([13CH2]SCCC(=O)O)[13C](=O)O. The number of carbonyl (C=O) groups excluding carboxylic acids is 1. The molecule has 1 unspecified atom stereocenters. The van der Waals surface area contributed by atoms with Gasteiger partial charge in [0.25, 0.3) is 0 Å². The number of aliphatic carboxylic acids is 2. The summed E-state index contributed by atoms with van der Waals surface area (Å²) in [7, 11) is 0. The molecule has 6 nitrogen and oxygen atoms in total. The largest absolute Gasteiger partial charge is 0.481 e. The minimum Gasteiger partial charge on any atom is -0.481 e. The molecule has 1 atom stereocenters. The number of hydrogen-bond donors (Lipinski definition) is 3. The summed E-state index contributed by atoms with van der Waals surface area (Å²) in [4.78, 5) is 31.4. The zero-order chi connectivity index (χ0) is 11.8. The first-order valence-corrected chi connectivity index (χ1v) is 5.38. The molecule has 15 heavy (non-hydrogen) atoms. The van der Waals surface area contributed by atoms with E-state index in [2.05, 4.69) is 5.32 Å². The van der Waals surface area contributed by atoms with E-state index in [0.29, 0.717) is 5.75 Å². The highest BCUT2D eigenvalue weighted by Crippen LogP contribution is 2.05. The van der Waals surface area contributed by atoms with Gasteiger partial charge in [0, 0.05) is 18.4 Å². The molecule has 0 aliphatic heterocycles. The maximum Gasteiger partial charge on any atom is 0.327 e. The van der Waals surface area contributed by atoms with Crippen molar-refractivity contribution in [3.05, 3.63) is 0 Å². The van der Waals surface area contributed by atoms with Crippen molar-refractivity contribution in [1.29, 1.82) is 0 Å². The Morgan fingerprint density at radius 1 is 1.33 bits per heavy atom. The highest BCUT2D eigenvalue weighted by atomic mass is 32.2. The lowest BCUT2D eigenvalue weighted by Crippen LogP contribution is -2.41. The van der Waals surface area contributed by atoms with E-state index in [0.717, 1.165) is 0 Å². The summed E-state index contributed by atoms with van der Waals surface area (Å²) in [5.74, 6) is -1.95. The number of hydrogen-bond acceptors (Lipinski definition) is 4. The lowest BCUT2D eigenvalue weighted by atomic mass is 10.5. The van der Waals surface area contributed by atoms with Gasteiger partial charge in [0.15, 0.2) is 0 Å². The molecule has 3 N–H and O–H groups in total. The summed E-state index contributed by atoms with van der Waals surface area (Å²) in [6.07, 6.45) is -0.0168. The van der Waals surface area contributed by atoms with Crippen LogP contribution in [0.4, 0.5) is 0 Å². The Morgan fingerprint density at radius 2 is 1.93 bits per heavy atom. The monoisotopic (exact) mass is 238 g/mol. The predicted molar refractivity (Wildman–Crippen MR) is 54.8 cm³/mol. The van der Waals surface area contributed by atoms with Crippen LogP contribution in [0.3, 0.4) is 0 Å². The van der Waals surface area contributed by atoms with Gasteiger partial charge in [-0.25, -0.2) is 4.79 Å². The molecule has 0 radical (unpaired) electrons. The smallest absolute Gasteiger partial charge is 0.327 e. The van der Waals surface area contributed by atoms with Crippen molar-refractivity contribution in [1.82, 2.24) is 5.32 Å². The van der Waals surface area contributed by atoms with Crippen LogP contribution >= 0.6 is 11.8 Å². The van der Waals surface area contributed by atoms with Crippen LogP contribution in [-0.2, 0) is 14.4 Å². The topological polar surface area (TPSA) is 104 Å². The van der Waals surface area contributed by atoms with Crippen LogP contribution < -0.4 is 5.32 Å². The Morgan fingerprint density at radius 3 is 2.33 bits per heavy atom. The van der Waals surface area contributed by atoms with Gasteiger partial charge in [0.05, 0.1) is 6.42 Å². The van der Waals surface area contributed by atoms with Crippen molar-refractivity contribution in [3.8, 4) is 0 Å². The Hall–Kier alpha value is -1.24. The van der Waals surface area contributed by atoms with Gasteiger partial charge in [-0.1, -0.05) is 0 Å². The fourth-order valence-corrected chi connectivity index (χ4v) is 1.73. The number of amides is 1. The van der Waals surface area contributed by atoms with E-state index in [1.807, 2.05) is 0 Å². The zero-order valence-electron chi connectivity index (χ0n) is 8.23. The molecule has 7 heteroatoms. The molecule has 86 valence electrons. The third-order valence-electron chi connectivity index (χ3n) is 1.42. The first kappa shape index (κ1) is 13.8. The Labute approximate surface area is 91.0 Å². The number of nitrogens with one attached hydrogen (secondary N) is 1. The standard InChI is InChI=1S/C8H13NO5S/c1-5(10)9-6(8(13)14)4-15-3-2-7(11)12/h6H,2-4H2,1H3,(H,9,10)(H,11,12)(H,13,14)/i4+1,6+1,8+1. The fourth-order valence-electron chi connectivity index (χ4n) is 0.781. The molecule has 0 saturated carbocycles. The van der Waals surface area contributed by atoms with E-state index in [-0.39, 0.29) is 12.2 Å². The molecule has 0 rings (SSSR count). The molecule has 0 saturated heterocycles. The summed E-state index contributed by atoms with van der Waals surface area (Å²) in [6.45, 7) is 1.23. The quantitative estimate of drug-likeness (QED) is 0.418. The van der Waals surface area contributed by atoms with Crippen LogP contribution in [0.2, 0.25) is 0 Å². The molecule has 0 heterocycles. The molecule has 0 spiro atoms. The first-order chi connectivity index (χ1) is 6.93. The normalized spacial score (nSPS) is 11.8. The average Bonchev–Trinajstić information content (AvgIpc) is 2.08. The Bertz CT molecular complexity index is 255. The van der Waals surface area contributed by atoms with E-state index in [9.17, 15) is 14.4 Å². The molecule has 1 amide bonds. The minimum atomic E-state index is -1.12. The summed E-state index contributed by atoms with van der Waals surface area (Å²) in [5, 5.41) is 19.3. The number of carbonyl (C=O) groups is 3. The third kappa shape index (κ3) is 7.80. The van der Waals surface area contributed by atoms with Crippen molar-refractivity contribution in [2.75, 3.05) is 11.5 Å². The van der Waals surface area contributed by atoms with Crippen LogP contribution in [0.15, 0.2) is 0 Å². The van der Waals surface area contributed by atoms with Crippen LogP contribution in [0, 0.1) is 0 Å². The molecule has 0 aliphatic rings. The first-order valence-electron chi connectivity index (χ1n) is 4.23. The molecule has 0 aromatic heterocycles. The van der Waals surface area contributed by atoms with Crippen LogP contribution in [0.1, 0.15) is 13.3 Å². The predicted octanol–water partition coefficient (Wildman–Crippen LogP) is -0.216. The number of thioether (sulfide) groups is 1. The summed E-state index contributed by atoms with van der Waals surface area (Å²) in [5.41, 5.74) is 0. The average molecular weight is 238 g/mol.